The van der Waals surface area contributed by atoms with E-state index in [0.717, 1.165) is 24.0 Å². The summed E-state index contributed by atoms with van der Waals surface area (Å²) in [6.07, 6.45) is 6.98. The first-order valence-corrected chi connectivity index (χ1v) is 9.90. The topological polar surface area (TPSA) is 42.2 Å². The van der Waals surface area contributed by atoms with Gasteiger partial charge in [-0.3, -0.25) is 4.79 Å². The fourth-order valence-electron chi connectivity index (χ4n) is 4.24. The van der Waals surface area contributed by atoms with Gasteiger partial charge in [0.1, 0.15) is 5.76 Å². The van der Waals surface area contributed by atoms with Crippen molar-refractivity contribution >= 4 is 22.8 Å². The number of furan rings is 1. The number of hydrogen-bond acceptors (Lipinski definition) is 2. The molecule has 1 aliphatic carbocycles. The molecular formula is C26H21NO2. The summed E-state index contributed by atoms with van der Waals surface area (Å²) in [6, 6.07) is 24.4. The Hall–Kier alpha value is -3.59. The van der Waals surface area contributed by atoms with Crippen molar-refractivity contribution < 1.29 is 9.21 Å². The van der Waals surface area contributed by atoms with Crippen molar-refractivity contribution in [2.45, 2.75) is 18.9 Å². The number of benzene rings is 3. The molecule has 1 atom stereocenters. The molecule has 5 rings (SSSR count). The molecule has 3 heteroatoms. The van der Waals surface area contributed by atoms with Crippen LogP contribution >= 0.6 is 0 Å². The van der Waals surface area contributed by atoms with Gasteiger partial charge in [-0.05, 0) is 64.1 Å². The summed E-state index contributed by atoms with van der Waals surface area (Å²) < 4.78 is 5.28. The van der Waals surface area contributed by atoms with Gasteiger partial charge in [0.25, 0.3) is 0 Å². The van der Waals surface area contributed by atoms with Gasteiger partial charge in [-0.2, -0.15) is 0 Å². The summed E-state index contributed by atoms with van der Waals surface area (Å²) in [5.41, 5.74) is 4.98. The molecule has 0 bridgehead atoms. The minimum atomic E-state index is -0.227. The zero-order valence-electron chi connectivity index (χ0n) is 16.0. The van der Waals surface area contributed by atoms with E-state index >= 15 is 0 Å². The van der Waals surface area contributed by atoms with Crippen molar-refractivity contribution in [1.29, 1.82) is 0 Å². The molecule has 0 unspecified atom stereocenters. The quantitative estimate of drug-likeness (QED) is 0.469. The van der Waals surface area contributed by atoms with E-state index in [0.29, 0.717) is 5.76 Å². The minimum absolute atomic E-state index is 0.154. The maximum atomic E-state index is 12.7. The van der Waals surface area contributed by atoms with Gasteiger partial charge >= 0.3 is 0 Å². The molecule has 4 aromatic rings. The van der Waals surface area contributed by atoms with Crippen LogP contribution in [0.2, 0.25) is 0 Å². The number of aryl methyl sites for hydroxylation is 2. The smallest absolute Gasteiger partial charge is 0.244 e. The van der Waals surface area contributed by atoms with Crippen molar-refractivity contribution in [1.82, 2.24) is 5.32 Å². The normalized spacial score (nSPS) is 13.8. The molecule has 3 aromatic carbocycles. The second-order valence-corrected chi connectivity index (χ2v) is 7.35. The van der Waals surface area contributed by atoms with Gasteiger partial charge in [0.2, 0.25) is 5.91 Å². The molecule has 1 N–H and O–H groups in total. The van der Waals surface area contributed by atoms with Crippen LogP contribution in [0.1, 0.15) is 34.1 Å². The molecule has 0 aliphatic heterocycles. The molecule has 29 heavy (non-hydrogen) atoms. The molecule has 0 saturated heterocycles. The molecule has 3 nitrogen and oxygen atoms in total. The van der Waals surface area contributed by atoms with Gasteiger partial charge in [0, 0.05) is 6.08 Å². The second-order valence-electron chi connectivity index (χ2n) is 7.35. The summed E-state index contributed by atoms with van der Waals surface area (Å²) >= 11 is 0. The summed E-state index contributed by atoms with van der Waals surface area (Å²) in [5, 5.41) is 5.77. The lowest BCUT2D eigenvalue weighted by molar-refractivity contribution is -0.116. The number of carbonyl (C=O) groups excluding carboxylic acids is 1. The van der Waals surface area contributed by atoms with E-state index in [9.17, 15) is 4.79 Å². The maximum absolute atomic E-state index is 12.7. The van der Waals surface area contributed by atoms with Crippen LogP contribution in [0.15, 0.2) is 89.6 Å². The third-order valence-corrected chi connectivity index (χ3v) is 5.58. The highest BCUT2D eigenvalue weighted by atomic mass is 16.3. The number of amides is 1. The van der Waals surface area contributed by atoms with Crippen molar-refractivity contribution in [2.24, 2.45) is 0 Å². The maximum Gasteiger partial charge on any atom is 0.244 e. The van der Waals surface area contributed by atoms with E-state index in [2.05, 4.69) is 47.8 Å². The van der Waals surface area contributed by atoms with E-state index in [1.165, 1.54) is 28.0 Å². The molecule has 1 aliphatic rings. The summed E-state index contributed by atoms with van der Waals surface area (Å²) in [4.78, 5) is 12.7. The Morgan fingerprint density at radius 2 is 1.72 bits per heavy atom. The Balaban J connectivity index is 1.56. The Morgan fingerprint density at radius 3 is 2.52 bits per heavy atom. The number of nitrogens with one attached hydrogen (secondary N) is 1. The third-order valence-electron chi connectivity index (χ3n) is 5.58. The molecule has 1 amide bonds. The summed E-state index contributed by atoms with van der Waals surface area (Å²) in [7, 11) is 0. The van der Waals surface area contributed by atoms with Crippen LogP contribution in [0.5, 0.6) is 0 Å². The van der Waals surface area contributed by atoms with Crippen LogP contribution in [-0.4, -0.2) is 5.91 Å². The average molecular weight is 379 g/mol. The first-order chi connectivity index (χ1) is 14.3. The lowest BCUT2D eigenvalue weighted by Crippen LogP contribution is -2.28. The minimum Gasteiger partial charge on any atom is -0.465 e. The first kappa shape index (κ1) is 17.5. The molecule has 1 aromatic heterocycles. The first-order valence-electron chi connectivity index (χ1n) is 9.90. The van der Waals surface area contributed by atoms with Crippen molar-refractivity contribution in [3.63, 3.8) is 0 Å². The van der Waals surface area contributed by atoms with Crippen LogP contribution in [0.4, 0.5) is 0 Å². The Bertz CT molecular complexity index is 1180. The highest BCUT2D eigenvalue weighted by Gasteiger charge is 2.22. The van der Waals surface area contributed by atoms with Crippen LogP contribution in [-0.2, 0) is 17.6 Å². The highest BCUT2D eigenvalue weighted by Crippen LogP contribution is 2.36. The molecule has 1 heterocycles. The molecule has 0 fully saturated rings. The highest BCUT2D eigenvalue weighted by molar-refractivity contribution is 5.95. The largest absolute Gasteiger partial charge is 0.465 e. The molecule has 142 valence electrons. The molecule has 0 saturated carbocycles. The van der Waals surface area contributed by atoms with Crippen molar-refractivity contribution in [3.05, 3.63) is 113 Å². The Kier molecular flexibility index (Phi) is 4.49. The van der Waals surface area contributed by atoms with Gasteiger partial charge in [0.15, 0.2) is 0 Å². The Morgan fingerprint density at radius 1 is 0.897 bits per heavy atom. The van der Waals surface area contributed by atoms with Gasteiger partial charge in [-0.1, -0.05) is 60.7 Å². The SMILES string of the molecule is O=C(/C=C/c1ccco1)N[C@H](c1ccccc1)c1ccc2c3c(cccc13)CC2. The van der Waals surface area contributed by atoms with E-state index < -0.39 is 0 Å². The van der Waals surface area contributed by atoms with E-state index in [4.69, 9.17) is 4.42 Å². The number of hydrogen-bond donors (Lipinski definition) is 1. The zero-order valence-corrected chi connectivity index (χ0v) is 16.0. The predicted molar refractivity (Wildman–Crippen MR) is 116 cm³/mol. The zero-order chi connectivity index (χ0) is 19.6. The van der Waals surface area contributed by atoms with E-state index in [1.807, 2.05) is 24.3 Å². The van der Waals surface area contributed by atoms with Gasteiger partial charge < -0.3 is 9.73 Å². The van der Waals surface area contributed by atoms with E-state index in [-0.39, 0.29) is 11.9 Å². The van der Waals surface area contributed by atoms with Crippen LogP contribution < -0.4 is 5.32 Å². The fourth-order valence-corrected chi connectivity index (χ4v) is 4.24. The number of rotatable bonds is 5. The van der Waals surface area contributed by atoms with Crippen LogP contribution in [0, 0.1) is 0 Å². The lowest BCUT2D eigenvalue weighted by Gasteiger charge is -2.21. The molecule has 0 radical (unpaired) electrons. The fraction of sp³-hybridized carbons (Fsp3) is 0.115. The summed E-state index contributed by atoms with van der Waals surface area (Å²) in [6.45, 7) is 0. The second kappa shape index (κ2) is 7.44. The van der Waals surface area contributed by atoms with Crippen LogP contribution in [0.25, 0.3) is 16.8 Å². The predicted octanol–water partition coefficient (Wildman–Crippen LogP) is 5.45. The van der Waals surface area contributed by atoms with E-state index in [1.54, 1.807) is 18.4 Å². The molecule has 0 spiro atoms. The monoisotopic (exact) mass is 379 g/mol. The van der Waals surface area contributed by atoms with Gasteiger partial charge in [0.05, 0.1) is 12.3 Å². The number of carbonyl (C=O) groups is 1. The molecular weight excluding hydrogens is 358 g/mol. The third kappa shape index (κ3) is 3.36. The Labute approximate surface area is 169 Å². The lowest BCUT2D eigenvalue weighted by atomic mass is 9.91. The van der Waals surface area contributed by atoms with Crippen LogP contribution in [0.3, 0.4) is 0 Å². The van der Waals surface area contributed by atoms with Crippen molar-refractivity contribution in [2.75, 3.05) is 0 Å². The van der Waals surface area contributed by atoms with Gasteiger partial charge in [-0.15, -0.1) is 0 Å². The van der Waals surface area contributed by atoms with Crippen molar-refractivity contribution in [3.8, 4) is 0 Å². The average Bonchev–Trinajstić information content (AvgIpc) is 3.43. The standard InChI is InChI=1S/C26H21NO2/c28-24(16-14-21-9-5-17-29-21)27-26(20-6-2-1-3-7-20)23-15-13-19-12-11-18-8-4-10-22(23)25(18)19/h1-10,13-17,26H,11-12H2,(H,27,28)/b16-14+/t26-/m1/s1. The van der Waals surface area contributed by atoms with Gasteiger partial charge in [-0.25, -0.2) is 0 Å². The summed E-state index contributed by atoms with van der Waals surface area (Å²) in [5.74, 6) is 0.500.